The molecule has 0 bridgehead atoms. The molecule has 1 aromatic heterocycles. The molecule has 1 amide bonds. The summed E-state index contributed by atoms with van der Waals surface area (Å²) in [7, 11) is 0. The quantitative estimate of drug-likeness (QED) is 0.844. The Hall–Kier alpha value is -2.34. The lowest BCUT2D eigenvalue weighted by molar-refractivity contribution is 0.0949. The molecular formula is C13H13ClN4O2. The van der Waals surface area contributed by atoms with Crippen molar-refractivity contribution in [3.8, 4) is 11.6 Å². The van der Waals surface area contributed by atoms with Crippen LogP contribution < -0.4 is 15.8 Å². The van der Waals surface area contributed by atoms with Crippen molar-refractivity contribution in [2.24, 2.45) is 0 Å². The van der Waals surface area contributed by atoms with Gasteiger partial charge >= 0.3 is 0 Å². The summed E-state index contributed by atoms with van der Waals surface area (Å²) in [5, 5.41) is 10.6. The molecule has 7 heteroatoms. The van der Waals surface area contributed by atoms with Gasteiger partial charge < -0.3 is 15.8 Å². The highest BCUT2D eigenvalue weighted by Gasteiger charge is 2.09. The lowest BCUT2D eigenvalue weighted by atomic mass is 10.3. The van der Waals surface area contributed by atoms with Crippen LogP contribution in [0.15, 0.2) is 30.3 Å². The van der Waals surface area contributed by atoms with Crippen LogP contribution in [-0.2, 0) is 0 Å². The Morgan fingerprint density at radius 1 is 1.35 bits per heavy atom. The van der Waals surface area contributed by atoms with Gasteiger partial charge in [0.2, 0.25) is 5.88 Å². The summed E-state index contributed by atoms with van der Waals surface area (Å²) in [6, 6.07) is 7.95. The first-order valence-corrected chi connectivity index (χ1v) is 6.32. The molecule has 6 nitrogen and oxygen atoms in total. The van der Waals surface area contributed by atoms with Gasteiger partial charge in [0.25, 0.3) is 5.91 Å². The lowest BCUT2D eigenvalue weighted by Gasteiger charge is -2.07. The number of rotatable bonds is 4. The average Bonchev–Trinajstić information content (AvgIpc) is 2.43. The summed E-state index contributed by atoms with van der Waals surface area (Å²) in [6.45, 7) is 2.35. The number of nitrogens with one attached hydrogen (secondary N) is 1. The largest absolute Gasteiger partial charge is 0.436 e. The second-order valence-corrected chi connectivity index (χ2v) is 4.32. The SMILES string of the molecule is CCNC(=O)c1ccc(Oc2ccc(N)cc2Cl)nn1. The van der Waals surface area contributed by atoms with Crippen molar-refractivity contribution in [2.45, 2.75) is 6.92 Å². The van der Waals surface area contributed by atoms with Crippen LogP contribution >= 0.6 is 11.6 Å². The van der Waals surface area contributed by atoms with Crippen LogP contribution in [0, 0.1) is 0 Å². The second kappa shape index (κ2) is 6.21. The topological polar surface area (TPSA) is 90.1 Å². The van der Waals surface area contributed by atoms with Crippen LogP contribution in [0.1, 0.15) is 17.4 Å². The van der Waals surface area contributed by atoms with Crippen LogP contribution in [-0.4, -0.2) is 22.6 Å². The standard InChI is InChI=1S/C13H13ClN4O2/c1-2-16-13(19)10-4-6-12(18-17-10)20-11-5-3-8(15)7-9(11)14/h3-7H,2,15H2,1H3,(H,16,19). The minimum Gasteiger partial charge on any atom is -0.436 e. The fourth-order valence-corrected chi connectivity index (χ4v) is 1.69. The van der Waals surface area contributed by atoms with E-state index in [1.54, 1.807) is 24.3 Å². The molecule has 20 heavy (non-hydrogen) atoms. The molecule has 0 radical (unpaired) electrons. The maximum Gasteiger partial charge on any atom is 0.271 e. The number of hydrogen-bond donors (Lipinski definition) is 2. The molecule has 2 aromatic rings. The van der Waals surface area contributed by atoms with Gasteiger partial charge in [0, 0.05) is 18.3 Å². The molecule has 0 aliphatic rings. The first-order chi connectivity index (χ1) is 9.60. The third-order valence-corrected chi connectivity index (χ3v) is 2.68. The third-order valence-electron chi connectivity index (χ3n) is 2.38. The van der Waals surface area contributed by atoms with E-state index >= 15 is 0 Å². The van der Waals surface area contributed by atoms with E-state index in [0.717, 1.165) is 0 Å². The Kier molecular flexibility index (Phi) is 4.37. The Morgan fingerprint density at radius 3 is 2.75 bits per heavy atom. The van der Waals surface area contributed by atoms with Crippen molar-refractivity contribution in [1.29, 1.82) is 0 Å². The molecule has 0 spiro atoms. The lowest BCUT2D eigenvalue weighted by Crippen LogP contribution is -2.23. The van der Waals surface area contributed by atoms with Gasteiger partial charge in [-0.3, -0.25) is 4.79 Å². The predicted octanol–water partition coefficient (Wildman–Crippen LogP) is 2.25. The maximum absolute atomic E-state index is 11.5. The van der Waals surface area contributed by atoms with Gasteiger partial charge in [-0.25, -0.2) is 0 Å². The van der Waals surface area contributed by atoms with Gasteiger partial charge in [-0.2, -0.15) is 0 Å². The molecular weight excluding hydrogens is 280 g/mol. The smallest absolute Gasteiger partial charge is 0.271 e. The van der Waals surface area contributed by atoms with Crippen molar-refractivity contribution < 1.29 is 9.53 Å². The fraction of sp³-hybridized carbons (Fsp3) is 0.154. The maximum atomic E-state index is 11.5. The van der Waals surface area contributed by atoms with Gasteiger partial charge in [-0.1, -0.05) is 11.6 Å². The number of benzene rings is 1. The Labute approximate surface area is 120 Å². The number of halogens is 1. The van der Waals surface area contributed by atoms with Crippen LogP contribution in [0.5, 0.6) is 11.6 Å². The van der Waals surface area contributed by atoms with E-state index in [0.29, 0.717) is 23.0 Å². The van der Waals surface area contributed by atoms with E-state index < -0.39 is 0 Å². The Bertz CT molecular complexity index is 616. The number of amides is 1. The average molecular weight is 293 g/mol. The zero-order valence-corrected chi connectivity index (χ0v) is 11.5. The monoisotopic (exact) mass is 292 g/mol. The van der Waals surface area contributed by atoms with E-state index in [9.17, 15) is 4.79 Å². The van der Waals surface area contributed by atoms with E-state index in [4.69, 9.17) is 22.1 Å². The molecule has 0 unspecified atom stereocenters. The summed E-state index contributed by atoms with van der Waals surface area (Å²) < 4.78 is 5.47. The molecule has 2 rings (SSSR count). The second-order valence-electron chi connectivity index (χ2n) is 3.91. The molecule has 1 heterocycles. The van der Waals surface area contributed by atoms with Crippen LogP contribution in [0.4, 0.5) is 5.69 Å². The zero-order valence-electron chi connectivity index (χ0n) is 10.8. The number of aromatic nitrogens is 2. The minimum atomic E-state index is -0.280. The fourth-order valence-electron chi connectivity index (χ4n) is 1.46. The van der Waals surface area contributed by atoms with Crippen LogP contribution in [0.2, 0.25) is 5.02 Å². The number of anilines is 1. The highest BCUT2D eigenvalue weighted by molar-refractivity contribution is 6.32. The summed E-state index contributed by atoms with van der Waals surface area (Å²) >= 11 is 5.99. The molecule has 3 N–H and O–H groups in total. The molecule has 104 valence electrons. The summed E-state index contributed by atoms with van der Waals surface area (Å²) in [6.07, 6.45) is 0. The summed E-state index contributed by atoms with van der Waals surface area (Å²) in [5.74, 6) is 0.378. The summed E-state index contributed by atoms with van der Waals surface area (Å²) in [5.41, 5.74) is 6.36. The molecule has 1 aromatic carbocycles. The van der Waals surface area contributed by atoms with E-state index in [2.05, 4.69) is 15.5 Å². The first-order valence-electron chi connectivity index (χ1n) is 5.95. The number of carbonyl (C=O) groups excluding carboxylic acids is 1. The van der Waals surface area contributed by atoms with E-state index in [1.165, 1.54) is 6.07 Å². The number of nitrogen functional groups attached to an aromatic ring is 1. The number of carbonyl (C=O) groups is 1. The van der Waals surface area contributed by atoms with Gasteiger partial charge in [-0.05, 0) is 31.2 Å². The molecule has 0 fully saturated rings. The molecule has 0 aliphatic heterocycles. The first kappa shape index (κ1) is 14.1. The number of nitrogens with zero attached hydrogens (tertiary/aromatic N) is 2. The van der Waals surface area contributed by atoms with Crippen LogP contribution in [0.3, 0.4) is 0 Å². The van der Waals surface area contributed by atoms with Crippen molar-refractivity contribution in [2.75, 3.05) is 12.3 Å². The molecule has 0 atom stereocenters. The number of ether oxygens (including phenoxy) is 1. The Morgan fingerprint density at radius 2 is 2.15 bits per heavy atom. The third kappa shape index (κ3) is 3.36. The Balaban J connectivity index is 2.12. The molecule has 0 saturated carbocycles. The van der Waals surface area contributed by atoms with Gasteiger partial charge in [0.15, 0.2) is 5.69 Å². The summed E-state index contributed by atoms with van der Waals surface area (Å²) in [4.78, 5) is 11.5. The highest BCUT2D eigenvalue weighted by Crippen LogP contribution is 2.29. The zero-order chi connectivity index (χ0) is 14.5. The molecule has 0 aliphatic carbocycles. The van der Waals surface area contributed by atoms with E-state index in [1.807, 2.05) is 6.92 Å². The predicted molar refractivity (Wildman–Crippen MR) is 76.0 cm³/mol. The normalized spacial score (nSPS) is 10.1. The van der Waals surface area contributed by atoms with Gasteiger partial charge in [0.1, 0.15) is 5.75 Å². The van der Waals surface area contributed by atoms with Crippen molar-refractivity contribution in [3.63, 3.8) is 0 Å². The number of hydrogen-bond acceptors (Lipinski definition) is 5. The van der Waals surface area contributed by atoms with Crippen LogP contribution in [0.25, 0.3) is 0 Å². The van der Waals surface area contributed by atoms with Crippen molar-refractivity contribution >= 4 is 23.2 Å². The minimum absolute atomic E-state index is 0.225. The van der Waals surface area contributed by atoms with E-state index in [-0.39, 0.29) is 17.5 Å². The molecule has 0 saturated heterocycles. The van der Waals surface area contributed by atoms with Gasteiger partial charge in [0.05, 0.1) is 5.02 Å². The number of nitrogens with two attached hydrogens (primary N) is 1. The van der Waals surface area contributed by atoms with Crippen molar-refractivity contribution in [1.82, 2.24) is 15.5 Å². The van der Waals surface area contributed by atoms with Crippen molar-refractivity contribution in [3.05, 3.63) is 41.0 Å². The van der Waals surface area contributed by atoms with Gasteiger partial charge in [-0.15, -0.1) is 10.2 Å². The highest BCUT2D eigenvalue weighted by atomic mass is 35.5.